The molecular weight excluding hydrogens is 213 g/mol. The van der Waals surface area contributed by atoms with Crippen molar-refractivity contribution in [3.63, 3.8) is 0 Å². The van der Waals surface area contributed by atoms with Crippen LogP contribution < -0.4 is 0 Å². The average molecular weight is 241 g/mol. The fourth-order valence-corrected chi connectivity index (χ4v) is 2.10. The lowest BCUT2D eigenvalue weighted by atomic mass is 9.83. The molecule has 0 N–H and O–H groups in total. The molecule has 1 fully saturated rings. The van der Waals surface area contributed by atoms with Crippen LogP contribution in [0.5, 0.6) is 0 Å². The molecule has 1 rings (SSSR count). The molecule has 0 aromatic carbocycles. The zero-order chi connectivity index (χ0) is 13.1. The maximum absolute atomic E-state index is 5.97. The molecule has 0 aromatic rings. The first kappa shape index (κ1) is 15.0. The fraction of sp³-hybridized carbons (Fsp3) is 1.00. The molecule has 1 aliphatic heterocycles. The van der Waals surface area contributed by atoms with Gasteiger partial charge in [0.25, 0.3) is 0 Å². The highest BCUT2D eigenvalue weighted by atomic mass is 16.7. The van der Waals surface area contributed by atoms with E-state index in [1.807, 2.05) is 0 Å². The van der Waals surface area contributed by atoms with E-state index in [-0.39, 0.29) is 18.3 Å². The minimum atomic E-state index is -0.188. The molecule has 0 spiro atoms. The third-order valence-electron chi connectivity index (χ3n) is 4.11. The molecule has 100 valence electrons. The molecule has 0 aromatic heterocycles. The second kappa shape index (κ2) is 5.72. The van der Waals surface area contributed by atoms with Gasteiger partial charge in [0, 0.05) is 0 Å². The molecule has 0 aliphatic carbocycles. The van der Waals surface area contributed by atoms with Crippen LogP contribution in [0.4, 0.5) is 0 Å². The van der Waals surface area contributed by atoms with Crippen molar-refractivity contribution in [2.45, 2.75) is 65.5 Å². The summed E-state index contributed by atoms with van der Waals surface area (Å²) in [6.45, 7) is 16.2. The topological polar surface area (TPSA) is 21.7 Å². The van der Waals surface area contributed by atoms with Crippen molar-refractivity contribution in [2.24, 2.45) is 0 Å². The highest BCUT2D eigenvalue weighted by Gasteiger charge is 2.50. The molecule has 17 heavy (non-hydrogen) atoms. The van der Waals surface area contributed by atoms with Gasteiger partial charge in [0.2, 0.25) is 0 Å². The van der Waals surface area contributed by atoms with Gasteiger partial charge >= 0.3 is 7.12 Å². The third-order valence-corrected chi connectivity index (χ3v) is 4.11. The van der Waals surface area contributed by atoms with E-state index in [4.69, 9.17) is 9.31 Å². The van der Waals surface area contributed by atoms with E-state index in [1.54, 1.807) is 0 Å². The molecule has 0 bridgehead atoms. The Labute approximate surface area is 107 Å². The van der Waals surface area contributed by atoms with Crippen LogP contribution in [-0.4, -0.2) is 42.9 Å². The number of hydrogen-bond acceptors (Lipinski definition) is 3. The highest BCUT2D eigenvalue weighted by molar-refractivity contribution is 6.45. The van der Waals surface area contributed by atoms with Crippen LogP contribution >= 0.6 is 0 Å². The Bertz CT molecular complexity index is 224. The average Bonchev–Trinajstić information content (AvgIpc) is 2.42. The van der Waals surface area contributed by atoms with Gasteiger partial charge in [-0.3, -0.25) is 0 Å². The maximum atomic E-state index is 5.97. The van der Waals surface area contributed by atoms with E-state index in [0.29, 0.717) is 0 Å². The Morgan fingerprint density at radius 1 is 0.941 bits per heavy atom. The highest BCUT2D eigenvalue weighted by Crippen LogP contribution is 2.37. The van der Waals surface area contributed by atoms with E-state index in [1.165, 1.54) is 0 Å². The smallest absolute Gasteiger partial charge is 0.403 e. The Hall–Kier alpha value is -0.0551. The molecule has 0 saturated carbocycles. The largest absolute Gasteiger partial charge is 0.457 e. The van der Waals surface area contributed by atoms with Crippen LogP contribution in [0.1, 0.15) is 48.0 Å². The van der Waals surface area contributed by atoms with Gasteiger partial charge < -0.3 is 14.2 Å². The lowest BCUT2D eigenvalue weighted by Crippen LogP contribution is -2.41. The zero-order valence-corrected chi connectivity index (χ0v) is 12.4. The maximum Gasteiger partial charge on any atom is 0.457 e. The second-order valence-corrected chi connectivity index (χ2v) is 5.85. The first-order chi connectivity index (χ1) is 7.82. The summed E-state index contributed by atoms with van der Waals surface area (Å²) in [4.78, 5) is 2.44. The predicted octanol–water partition coefficient (Wildman–Crippen LogP) is 2.81. The lowest BCUT2D eigenvalue weighted by Gasteiger charge is -2.32. The lowest BCUT2D eigenvalue weighted by molar-refractivity contribution is 0.00578. The summed E-state index contributed by atoms with van der Waals surface area (Å²) in [5, 5.41) is 0. The van der Waals surface area contributed by atoms with Gasteiger partial charge in [-0.1, -0.05) is 13.8 Å². The van der Waals surface area contributed by atoms with Crippen molar-refractivity contribution in [2.75, 3.05) is 19.6 Å². The summed E-state index contributed by atoms with van der Waals surface area (Å²) in [6.07, 6.45) is 2.13. The van der Waals surface area contributed by atoms with Crippen LogP contribution in [0.15, 0.2) is 0 Å². The van der Waals surface area contributed by atoms with Crippen LogP contribution in [0, 0.1) is 0 Å². The van der Waals surface area contributed by atoms with E-state index in [2.05, 4.69) is 46.4 Å². The van der Waals surface area contributed by atoms with Gasteiger partial charge in [-0.05, 0) is 60.1 Å². The molecule has 1 aliphatic rings. The summed E-state index contributed by atoms with van der Waals surface area (Å²) in [6, 6.07) is 0. The van der Waals surface area contributed by atoms with Gasteiger partial charge in [0.05, 0.1) is 11.2 Å². The van der Waals surface area contributed by atoms with E-state index in [0.717, 1.165) is 32.4 Å². The van der Waals surface area contributed by atoms with Crippen molar-refractivity contribution in [3.8, 4) is 0 Å². The van der Waals surface area contributed by atoms with Crippen molar-refractivity contribution < 1.29 is 9.31 Å². The van der Waals surface area contributed by atoms with Crippen molar-refractivity contribution in [1.82, 2.24) is 4.90 Å². The van der Waals surface area contributed by atoms with Crippen LogP contribution in [0.25, 0.3) is 0 Å². The first-order valence-electron chi connectivity index (χ1n) is 6.90. The summed E-state index contributed by atoms with van der Waals surface area (Å²) in [5.41, 5.74) is -0.375. The van der Waals surface area contributed by atoms with Crippen molar-refractivity contribution in [1.29, 1.82) is 0 Å². The minimum Gasteiger partial charge on any atom is -0.403 e. The Morgan fingerprint density at radius 2 is 1.41 bits per heavy atom. The quantitative estimate of drug-likeness (QED) is 0.667. The van der Waals surface area contributed by atoms with Gasteiger partial charge in [-0.25, -0.2) is 0 Å². The molecule has 0 amide bonds. The first-order valence-corrected chi connectivity index (χ1v) is 6.90. The Morgan fingerprint density at radius 3 is 1.82 bits per heavy atom. The molecule has 0 atom stereocenters. The molecule has 0 unspecified atom stereocenters. The van der Waals surface area contributed by atoms with Crippen LogP contribution in [0.3, 0.4) is 0 Å². The zero-order valence-electron chi connectivity index (χ0n) is 12.4. The Balaban J connectivity index is 2.31. The SMILES string of the molecule is CCN(CC)CCCB1OC(C)(C)C(C)(C)O1. The van der Waals surface area contributed by atoms with E-state index < -0.39 is 0 Å². The second-order valence-electron chi connectivity index (χ2n) is 5.85. The van der Waals surface area contributed by atoms with Gasteiger partial charge in [0.1, 0.15) is 0 Å². The summed E-state index contributed by atoms with van der Waals surface area (Å²) >= 11 is 0. The normalized spacial score (nSPS) is 22.4. The van der Waals surface area contributed by atoms with E-state index >= 15 is 0 Å². The van der Waals surface area contributed by atoms with Gasteiger partial charge in [0.15, 0.2) is 0 Å². The molecule has 1 saturated heterocycles. The number of nitrogens with zero attached hydrogens (tertiary/aromatic N) is 1. The van der Waals surface area contributed by atoms with Crippen molar-refractivity contribution in [3.05, 3.63) is 0 Å². The molecular formula is C13H28BNO2. The van der Waals surface area contributed by atoms with E-state index in [9.17, 15) is 0 Å². The molecule has 0 radical (unpaired) electrons. The molecule has 1 heterocycles. The standard InChI is InChI=1S/C13H28BNO2/c1-7-15(8-2)11-9-10-14-16-12(3,4)13(5,6)17-14/h7-11H2,1-6H3. The van der Waals surface area contributed by atoms with Crippen LogP contribution in [-0.2, 0) is 9.31 Å². The summed E-state index contributed by atoms with van der Waals surface area (Å²) < 4.78 is 11.9. The molecule has 3 nitrogen and oxygen atoms in total. The Kier molecular flexibility index (Phi) is 5.05. The third kappa shape index (κ3) is 3.70. The minimum absolute atomic E-state index is 0.0319. The van der Waals surface area contributed by atoms with Crippen molar-refractivity contribution >= 4 is 7.12 Å². The number of hydrogen-bond donors (Lipinski definition) is 0. The predicted molar refractivity (Wildman–Crippen MR) is 73.3 cm³/mol. The summed E-state index contributed by atoms with van der Waals surface area (Å²) in [7, 11) is -0.0319. The molecule has 4 heteroatoms. The summed E-state index contributed by atoms with van der Waals surface area (Å²) in [5.74, 6) is 0. The van der Waals surface area contributed by atoms with Gasteiger partial charge in [-0.2, -0.15) is 0 Å². The van der Waals surface area contributed by atoms with Gasteiger partial charge in [-0.15, -0.1) is 0 Å². The number of rotatable bonds is 6. The monoisotopic (exact) mass is 241 g/mol. The fourth-order valence-electron chi connectivity index (χ4n) is 2.10. The van der Waals surface area contributed by atoms with Crippen LogP contribution in [0.2, 0.25) is 6.32 Å².